The molecule has 5 heteroatoms. The van der Waals surface area contributed by atoms with Crippen molar-refractivity contribution in [1.82, 2.24) is 10.2 Å². The van der Waals surface area contributed by atoms with Crippen LogP contribution in [0.25, 0.3) is 0 Å². The van der Waals surface area contributed by atoms with Gasteiger partial charge >= 0.3 is 0 Å². The fourth-order valence-electron chi connectivity index (χ4n) is 2.45. The van der Waals surface area contributed by atoms with Gasteiger partial charge in [0.15, 0.2) is 0 Å². The van der Waals surface area contributed by atoms with Crippen molar-refractivity contribution in [2.75, 3.05) is 34.4 Å². The van der Waals surface area contributed by atoms with Crippen molar-refractivity contribution in [3.8, 4) is 5.75 Å². The molecular weight excluding hydrogens is 256 g/mol. The second-order valence-electron chi connectivity index (χ2n) is 5.08. The Morgan fingerprint density at radius 3 is 2.70 bits per heavy atom. The third-order valence-electron chi connectivity index (χ3n) is 3.72. The summed E-state index contributed by atoms with van der Waals surface area (Å²) in [7, 11) is 5.34. The predicted octanol–water partition coefficient (Wildman–Crippen LogP) is 0.888. The molecule has 20 heavy (non-hydrogen) atoms. The molecule has 0 spiro atoms. The summed E-state index contributed by atoms with van der Waals surface area (Å²) >= 11 is 0. The van der Waals surface area contributed by atoms with E-state index >= 15 is 0 Å². The van der Waals surface area contributed by atoms with Crippen LogP contribution in [0.5, 0.6) is 5.75 Å². The number of carbonyl (C=O) groups is 1. The Morgan fingerprint density at radius 1 is 1.40 bits per heavy atom. The van der Waals surface area contributed by atoms with Crippen molar-refractivity contribution in [3.63, 3.8) is 0 Å². The molecule has 1 N–H and O–H groups in total. The van der Waals surface area contributed by atoms with Crippen molar-refractivity contribution >= 4 is 5.91 Å². The van der Waals surface area contributed by atoms with Crippen LogP contribution >= 0.6 is 0 Å². The summed E-state index contributed by atoms with van der Waals surface area (Å²) < 4.78 is 10.5. The SMILES string of the molecule is CNC1COCC1C(=O)N(C)Cc1ccc(OC)cc1. The first-order valence-electron chi connectivity index (χ1n) is 6.78. The van der Waals surface area contributed by atoms with Crippen molar-refractivity contribution < 1.29 is 14.3 Å². The molecule has 1 saturated heterocycles. The Hall–Kier alpha value is -1.59. The Morgan fingerprint density at radius 2 is 2.10 bits per heavy atom. The fraction of sp³-hybridized carbons (Fsp3) is 0.533. The van der Waals surface area contributed by atoms with Gasteiger partial charge in [0.1, 0.15) is 5.75 Å². The van der Waals surface area contributed by atoms with Crippen LogP contribution in [0.2, 0.25) is 0 Å². The number of nitrogens with one attached hydrogen (secondary N) is 1. The fourth-order valence-corrected chi connectivity index (χ4v) is 2.45. The zero-order valence-corrected chi connectivity index (χ0v) is 12.3. The average Bonchev–Trinajstić information content (AvgIpc) is 2.95. The van der Waals surface area contributed by atoms with E-state index in [0.717, 1.165) is 11.3 Å². The third-order valence-corrected chi connectivity index (χ3v) is 3.72. The van der Waals surface area contributed by atoms with Crippen LogP contribution in [0, 0.1) is 5.92 Å². The maximum absolute atomic E-state index is 12.4. The molecule has 110 valence electrons. The number of likely N-dealkylation sites (N-methyl/N-ethyl adjacent to an activating group) is 1. The van der Waals surface area contributed by atoms with E-state index in [-0.39, 0.29) is 17.9 Å². The van der Waals surface area contributed by atoms with Gasteiger partial charge in [-0.1, -0.05) is 12.1 Å². The number of benzene rings is 1. The highest BCUT2D eigenvalue weighted by molar-refractivity contribution is 5.79. The quantitative estimate of drug-likeness (QED) is 0.869. The zero-order chi connectivity index (χ0) is 14.5. The van der Waals surface area contributed by atoms with Crippen LogP contribution in [0.15, 0.2) is 24.3 Å². The molecule has 0 aromatic heterocycles. The molecule has 1 heterocycles. The highest BCUT2D eigenvalue weighted by Crippen LogP contribution is 2.18. The number of methoxy groups -OCH3 is 1. The van der Waals surface area contributed by atoms with Crippen molar-refractivity contribution in [3.05, 3.63) is 29.8 Å². The lowest BCUT2D eigenvalue weighted by molar-refractivity contribution is -0.135. The Kier molecular flexibility index (Phi) is 4.98. The molecular formula is C15H22N2O3. The lowest BCUT2D eigenvalue weighted by Crippen LogP contribution is -2.43. The Balaban J connectivity index is 1.96. The molecule has 1 aromatic carbocycles. The molecule has 2 rings (SSSR count). The largest absolute Gasteiger partial charge is 0.497 e. The van der Waals surface area contributed by atoms with Crippen LogP contribution in [0.3, 0.4) is 0 Å². The summed E-state index contributed by atoms with van der Waals surface area (Å²) in [5.41, 5.74) is 1.08. The predicted molar refractivity (Wildman–Crippen MR) is 76.6 cm³/mol. The molecule has 1 fully saturated rings. The summed E-state index contributed by atoms with van der Waals surface area (Å²) in [6.07, 6.45) is 0. The van der Waals surface area contributed by atoms with Gasteiger partial charge in [0.05, 0.1) is 26.2 Å². The maximum atomic E-state index is 12.4. The van der Waals surface area contributed by atoms with Crippen LogP contribution in [0.4, 0.5) is 0 Å². The molecule has 5 nitrogen and oxygen atoms in total. The molecule has 2 unspecified atom stereocenters. The van der Waals surface area contributed by atoms with Gasteiger partial charge in [-0.15, -0.1) is 0 Å². The third kappa shape index (κ3) is 3.29. The van der Waals surface area contributed by atoms with Gasteiger partial charge in [-0.25, -0.2) is 0 Å². The van der Waals surface area contributed by atoms with E-state index in [9.17, 15) is 4.79 Å². The van der Waals surface area contributed by atoms with Crippen LogP contribution in [-0.2, 0) is 16.1 Å². The van der Waals surface area contributed by atoms with Crippen molar-refractivity contribution in [1.29, 1.82) is 0 Å². The summed E-state index contributed by atoms with van der Waals surface area (Å²) in [6, 6.07) is 7.87. The molecule has 1 aliphatic rings. The first-order valence-corrected chi connectivity index (χ1v) is 6.78. The number of hydrogen-bond donors (Lipinski definition) is 1. The average molecular weight is 278 g/mol. The van der Waals surface area contributed by atoms with E-state index in [0.29, 0.717) is 19.8 Å². The van der Waals surface area contributed by atoms with Gasteiger partial charge in [-0.2, -0.15) is 0 Å². The standard InChI is InChI=1S/C15H22N2O3/c1-16-14-10-20-9-13(14)15(18)17(2)8-11-4-6-12(19-3)7-5-11/h4-7,13-14,16H,8-10H2,1-3H3. The molecule has 0 aliphatic carbocycles. The molecule has 0 saturated carbocycles. The van der Waals surface area contributed by atoms with Gasteiger partial charge < -0.3 is 19.7 Å². The second kappa shape index (κ2) is 6.72. The topological polar surface area (TPSA) is 50.8 Å². The summed E-state index contributed by atoms with van der Waals surface area (Å²) in [4.78, 5) is 14.2. The van der Waals surface area contributed by atoms with E-state index in [4.69, 9.17) is 9.47 Å². The normalized spacial score (nSPS) is 21.8. The Bertz CT molecular complexity index is 447. The number of amides is 1. The minimum Gasteiger partial charge on any atom is -0.497 e. The number of carbonyl (C=O) groups excluding carboxylic acids is 1. The summed E-state index contributed by atoms with van der Waals surface area (Å²) in [5.74, 6) is 0.850. The first kappa shape index (κ1) is 14.8. The van der Waals surface area contributed by atoms with Gasteiger partial charge in [-0.05, 0) is 24.7 Å². The van der Waals surface area contributed by atoms with E-state index in [1.54, 1.807) is 12.0 Å². The minimum absolute atomic E-state index is 0.0942. The van der Waals surface area contributed by atoms with E-state index < -0.39 is 0 Å². The Labute approximate surface area is 119 Å². The van der Waals surface area contributed by atoms with Crippen LogP contribution in [0.1, 0.15) is 5.56 Å². The van der Waals surface area contributed by atoms with E-state index in [1.807, 2.05) is 38.4 Å². The van der Waals surface area contributed by atoms with Gasteiger partial charge in [0.25, 0.3) is 0 Å². The van der Waals surface area contributed by atoms with Crippen LogP contribution in [-0.4, -0.2) is 51.3 Å². The molecule has 1 amide bonds. The lowest BCUT2D eigenvalue weighted by Gasteiger charge is -2.23. The summed E-state index contributed by atoms with van der Waals surface area (Å²) in [5, 5.41) is 3.14. The number of nitrogens with zero attached hydrogens (tertiary/aromatic N) is 1. The lowest BCUT2D eigenvalue weighted by atomic mass is 10.0. The van der Waals surface area contributed by atoms with E-state index in [1.165, 1.54) is 0 Å². The minimum atomic E-state index is -0.0942. The molecule has 0 bridgehead atoms. The molecule has 0 radical (unpaired) electrons. The van der Waals surface area contributed by atoms with Gasteiger partial charge in [0.2, 0.25) is 5.91 Å². The summed E-state index contributed by atoms with van der Waals surface area (Å²) in [6.45, 7) is 1.69. The molecule has 2 atom stereocenters. The van der Waals surface area contributed by atoms with Gasteiger partial charge in [0, 0.05) is 19.6 Å². The first-order chi connectivity index (χ1) is 9.65. The zero-order valence-electron chi connectivity index (χ0n) is 12.3. The molecule has 1 aliphatic heterocycles. The maximum Gasteiger partial charge on any atom is 0.229 e. The second-order valence-corrected chi connectivity index (χ2v) is 5.08. The number of rotatable bonds is 5. The van der Waals surface area contributed by atoms with E-state index in [2.05, 4.69) is 5.32 Å². The number of hydrogen-bond acceptors (Lipinski definition) is 4. The number of ether oxygens (including phenoxy) is 2. The van der Waals surface area contributed by atoms with Crippen molar-refractivity contribution in [2.24, 2.45) is 5.92 Å². The monoisotopic (exact) mass is 278 g/mol. The van der Waals surface area contributed by atoms with Crippen molar-refractivity contribution in [2.45, 2.75) is 12.6 Å². The van der Waals surface area contributed by atoms with Crippen LogP contribution < -0.4 is 10.1 Å². The smallest absolute Gasteiger partial charge is 0.229 e. The molecule has 1 aromatic rings. The highest BCUT2D eigenvalue weighted by Gasteiger charge is 2.34. The highest BCUT2D eigenvalue weighted by atomic mass is 16.5. The van der Waals surface area contributed by atoms with Gasteiger partial charge in [-0.3, -0.25) is 4.79 Å².